The van der Waals surface area contributed by atoms with Crippen molar-refractivity contribution in [2.24, 2.45) is 0 Å². The molecule has 1 aromatic carbocycles. The second kappa shape index (κ2) is 8.75. The SMILES string of the molecule is C=CCn1c(C)cc(C(=O)COC(=O)c2cc(S(=O)(=O)N(C)C)ccc2C)c1C. The van der Waals surface area contributed by atoms with Gasteiger partial charge in [0.15, 0.2) is 6.61 Å². The number of carbonyl (C=O) groups is 2. The first-order valence-corrected chi connectivity index (χ1v) is 10.5. The number of nitrogens with zero attached hydrogens (tertiary/aromatic N) is 2. The van der Waals surface area contributed by atoms with Gasteiger partial charge in [0.1, 0.15) is 0 Å². The number of aryl methyl sites for hydroxylation is 2. The molecule has 0 saturated heterocycles. The average Bonchev–Trinajstić information content (AvgIpc) is 2.94. The Kier molecular flexibility index (Phi) is 6.81. The van der Waals surface area contributed by atoms with Crippen LogP contribution in [0.15, 0.2) is 41.8 Å². The second-order valence-electron chi connectivity index (χ2n) is 6.95. The minimum Gasteiger partial charge on any atom is -0.454 e. The molecule has 0 fully saturated rings. The molecule has 0 unspecified atom stereocenters. The van der Waals surface area contributed by atoms with E-state index in [2.05, 4.69) is 6.58 Å². The minimum absolute atomic E-state index is 0.0145. The summed E-state index contributed by atoms with van der Waals surface area (Å²) in [5.41, 5.74) is 2.84. The van der Waals surface area contributed by atoms with Crippen molar-refractivity contribution < 1.29 is 22.7 Å². The van der Waals surface area contributed by atoms with Crippen LogP contribution < -0.4 is 0 Å². The molecule has 156 valence electrons. The van der Waals surface area contributed by atoms with Crippen molar-refractivity contribution in [2.75, 3.05) is 20.7 Å². The summed E-state index contributed by atoms with van der Waals surface area (Å²) >= 11 is 0. The summed E-state index contributed by atoms with van der Waals surface area (Å²) in [6.45, 7) is 9.25. The Balaban J connectivity index is 2.21. The Morgan fingerprint density at radius 3 is 2.38 bits per heavy atom. The van der Waals surface area contributed by atoms with E-state index in [0.29, 0.717) is 17.7 Å². The number of allylic oxidation sites excluding steroid dienone is 1. The van der Waals surface area contributed by atoms with Crippen molar-refractivity contribution in [3.8, 4) is 0 Å². The predicted molar refractivity (Wildman–Crippen MR) is 111 cm³/mol. The molecule has 0 spiro atoms. The Bertz CT molecular complexity index is 1060. The summed E-state index contributed by atoms with van der Waals surface area (Å²) in [5, 5.41) is 0. The van der Waals surface area contributed by atoms with Gasteiger partial charge in [0.05, 0.1) is 10.5 Å². The maximum Gasteiger partial charge on any atom is 0.338 e. The highest BCUT2D eigenvalue weighted by molar-refractivity contribution is 7.89. The van der Waals surface area contributed by atoms with Crippen LogP contribution in [-0.4, -0.2) is 49.7 Å². The maximum atomic E-state index is 12.6. The predicted octanol–water partition coefficient (Wildman–Crippen LogP) is 2.89. The van der Waals surface area contributed by atoms with Crippen LogP contribution in [0.2, 0.25) is 0 Å². The van der Waals surface area contributed by atoms with Crippen LogP contribution in [0.4, 0.5) is 0 Å². The number of ether oxygens (including phenoxy) is 1. The molecule has 0 bridgehead atoms. The smallest absolute Gasteiger partial charge is 0.338 e. The fourth-order valence-corrected chi connectivity index (χ4v) is 3.90. The molecular weight excluding hydrogens is 392 g/mol. The molecule has 0 atom stereocenters. The lowest BCUT2D eigenvalue weighted by Crippen LogP contribution is -2.23. The third kappa shape index (κ3) is 4.65. The first-order chi connectivity index (χ1) is 13.5. The van der Waals surface area contributed by atoms with Gasteiger partial charge in [-0.3, -0.25) is 4.79 Å². The second-order valence-corrected chi connectivity index (χ2v) is 9.10. The van der Waals surface area contributed by atoms with Gasteiger partial charge < -0.3 is 9.30 Å². The summed E-state index contributed by atoms with van der Waals surface area (Å²) in [7, 11) is -0.867. The number of ketones is 1. The number of hydrogen-bond acceptors (Lipinski definition) is 5. The maximum absolute atomic E-state index is 12.6. The number of sulfonamides is 1. The summed E-state index contributed by atoms with van der Waals surface area (Å²) in [6.07, 6.45) is 1.74. The van der Waals surface area contributed by atoms with Crippen molar-refractivity contribution in [3.05, 3.63) is 65.0 Å². The molecule has 2 aromatic rings. The standard InChI is InChI=1S/C21H26N2O5S/c1-7-10-23-15(3)11-19(16(23)4)20(24)13-28-21(25)18-12-17(9-8-14(18)2)29(26,27)22(5)6/h7-9,11-12H,1,10,13H2,2-6H3. The normalized spacial score (nSPS) is 11.5. The molecular formula is C21H26N2O5S. The van der Waals surface area contributed by atoms with Crippen LogP contribution in [0.25, 0.3) is 0 Å². The molecule has 0 saturated carbocycles. The van der Waals surface area contributed by atoms with E-state index in [1.165, 1.54) is 32.3 Å². The Hall–Kier alpha value is -2.71. The zero-order valence-electron chi connectivity index (χ0n) is 17.4. The van der Waals surface area contributed by atoms with Crippen LogP contribution in [-0.2, 0) is 21.3 Å². The molecule has 0 aliphatic carbocycles. The Morgan fingerprint density at radius 2 is 1.79 bits per heavy atom. The number of carbonyl (C=O) groups excluding carboxylic acids is 2. The quantitative estimate of drug-likeness (QED) is 0.374. The van der Waals surface area contributed by atoms with Gasteiger partial charge in [0, 0.05) is 37.6 Å². The highest BCUT2D eigenvalue weighted by atomic mass is 32.2. The molecule has 0 N–H and O–H groups in total. The third-order valence-corrected chi connectivity index (χ3v) is 6.54. The number of aromatic nitrogens is 1. The van der Waals surface area contributed by atoms with Crippen molar-refractivity contribution >= 4 is 21.8 Å². The zero-order valence-corrected chi connectivity index (χ0v) is 18.2. The van der Waals surface area contributed by atoms with Gasteiger partial charge in [0.25, 0.3) is 0 Å². The molecule has 29 heavy (non-hydrogen) atoms. The summed E-state index contributed by atoms with van der Waals surface area (Å²) in [4.78, 5) is 25.0. The van der Waals surface area contributed by atoms with Crippen LogP contribution >= 0.6 is 0 Å². The topological polar surface area (TPSA) is 85.7 Å². The summed E-state index contributed by atoms with van der Waals surface area (Å²) in [6, 6.07) is 6.00. The first-order valence-electron chi connectivity index (χ1n) is 9.01. The van der Waals surface area contributed by atoms with Gasteiger partial charge in [-0.05, 0) is 44.5 Å². The van der Waals surface area contributed by atoms with E-state index < -0.39 is 22.6 Å². The molecule has 1 aromatic heterocycles. The van der Waals surface area contributed by atoms with Gasteiger partial charge >= 0.3 is 5.97 Å². The van der Waals surface area contributed by atoms with E-state index >= 15 is 0 Å². The lowest BCUT2D eigenvalue weighted by Gasteiger charge is -2.13. The third-order valence-electron chi connectivity index (χ3n) is 4.73. The van der Waals surface area contributed by atoms with Crippen LogP contribution in [0, 0.1) is 20.8 Å². The minimum atomic E-state index is -3.69. The van der Waals surface area contributed by atoms with Gasteiger partial charge in [-0.25, -0.2) is 17.5 Å². The fourth-order valence-electron chi connectivity index (χ4n) is 2.97. The molecule has 0 radical (unpaired) electrons. The van der Waals surface area contributed by atoms with Crippen LogP contribution in [0.3, 0.4) is 0 Å². The lowest BCUT2D eigenvalue weighted by atomic mass is 10.1. The summed E-state index contributed by atoms with van der Waals surface area (Å²) in [5.74, 6) is -1.07. The number of hydrogen-bond donors (Lipinski definition) is 0. The van der Waals surface area contributed by atoms with Gasteiger partial charge in [-0.2, -0.15) is 0 Å². The van der Waals surface area contributed by atoms with Crippen LogP contribution in [0.5, 0.6) is 0 Å². The number of benzene rings is 1. The van der Waals surface area contributed by atoms with E-state index in [1.807, 2.05) is 18.4 Å². The number of esters is 1. The fraction of sp³-hybridized carbons (Fsp3) is 0.333. The largest absolute Gasteiger partial charge is 0.454 e. The van der Waals surface area contributed by atoms with Crippen molar-refractivity contribution in [2.45, 2.75) is 32.2 Å². The number of Topliss-reactive ketones (excluding diaryl/α,β-unsaturated/α-hetero) is 1. The highest BCUT2D eigenvalue weighted by Crippen LogP contribution is 2.20. The van der Waals surface area contributed by atoms with E-state index in [4.69, 9.17) is 4.74 Å². The van der Waals surface area contributed by atoms with E-state index in [9.17, 15) is 18.0 Å². The molecule has 0 aliphatic rings. The lowest BCUT2D eigenvalue weighted by molar-refractivity contribution is 0.0473. The molecule has 2 rings (SSSR count). The van der Waals surface area contributed by atoms with Crippen molar-refractivity contribution in [3.63, 3.8) is 0 Å². The summed E-state index contributed by atoms with van der Waals surface area (Å²) < 4.78 is 32.8. The van der Waals surface area contributed by atoms with Crippen LogP contribution in [0.1, 0.15) is 37.7 Å². The number of rotatable bonds is 8. The molecule has 0 aliphatic heterocycles. The van der Waals surface area contributed by atoms with Crippen molar-refractivity contribution in [1.29, 1.82) is 0 Å². The monoisotopic (exact) mass is 418 g/mol. The highest BCUT2D eigenvalue weighted by Gasteiger charge is 2.22. The van der Waals surface area contributed by atoms with E-state index in [0.717, 1.165) is 15.7 Å². The van der Waals surface area contributed by atoms with Gasteiger partial charge in [-0.15, -0.1) is 6.58 Å². The molecule has 7 nitrogen and oxygen atoms in total. The van der Waals surface area contributed by atoms with Gasteiger partial charge in [0.2, 0.25) is 15.8 Å². The zero-order chi connectivity index (χ0) is 21.9. The molecule has 1 heterocycles. The van der Waals surface area contributed by atoms with Crippen molar-refractivity contribution in [1.82, 2.24) is 8.87 Å². The van der Waals surface area contributed by atoms with Gasteiger partial charge in [-0.1, -0.05) is 12.1 Å². The first kappa shape index (κ1) is 22.6. The Morgan fingerprint density at radius 1 is 1.14 bits per heavy atom. The van der Waals surface area contributed by atoms with E-state index in [1.54, 1.807) is 19.1 Å². The van der Waals surface area contributed by atoms with E-state index in [-0.39, 0.29) is 16.2 Å². The average molecular weight is 419 g/mol. The Labute approximate surface area is 171 Å². The molecule has 0 amide bonds. The molecule has 8 heteroatoms.